The Labute approximate surface area is 88.3 Å². The molecule has 2 N–H and O–H groups in total. The van der Waals surface area contributed by atoms with E-state index in [0.29, 0.717) is 5.82 Å². The highest BCUT2D eigenvalue weighted by molar-refractivity contribution is 9.11. The van der Waals surface area contributed by atoms with Gasteiger partial charge in [-0.3, -0.25) is 4.68 Å². The Balaban J connectivity index is 2.51. The van der Waals surface area contributed by atoms with Crippen molar-refractivity contribution in [2.45, 2.75) is 0 Å². The largest absolute Gasteiger partial charge is 0.382 e. The fourth-order valence-electron chi connectivity index (χ4n) is 1.17. The van der Waals surface area contributed by atoms with Crippen LogP contribution in [0.3, 0.4) is 0 Å². The summed E-state index contributed by atoms with van der Waals surface area (Å²) in [5, 5.41) is 4.08. The molecule has 0 aliphatic rings. The highest BCUT2D eigenvalue weighted by atomic mass is 79.9. The van der Waals surface area contributed by atoms with Crippen molar-refractivity contribution in [1.82, 2.24) is 9.78 Å². The van der Waals surface area contributed by atoms with Gasteiger partial charge in [-0.25, -0.2) is 0 Å². The Kier molecular flexibility index (Phi) is 2.13. The second-order valence-corrected chi connectivity index (χ2v) is 5.14. The zero-order valence-corrected chi connectivity index (χ0v) is 9.39. The lowest BCUT2D eigenvalue weighted by atomic mass is 10.3. The summed E-state index contributed by atoms with van der Waals surface area (Å²) in [4.78, 5) is 1.17. The van der Waals surface area contributed by atoms with Gasteiger partial charge in [0.2, 0.25) is 0 Å². The number of hydrogen-bond acceptors (Lipinski definition) is 3. The molecule has 0 aliphatic carbocycles. The van der Waals surface area contributed by atoms with E-state index in [1.165, 1.54) is 4.88 Å². The quantitative estimate of drug-likeness (QED) is 0.854. The van der Waals surface area contributed by atoms with Crippen LogP contribution in [0.2, 0.25) is 0 Å². The van der Waals surface area contributed by atoms with Crippen LogP contribution in [0.25, 0.3) is 10.6 Å². The van der Waals surface area contributed by atoms with E-state index < -0.39 is 0 Å². The van der Waals surface area contributed by atoms with Gasteiger partial charge in [0.25, 0.3) is 0 Å². The molecule has 0 fully saturated rings. The van der Waals surface area contributed by atoms with Crippen molar-refractivity contribution in [2.24, 2.45) is 7.05 Å². The van der Waals surface area contributed by atoms with Crippen LogP contribution in [0.15, 0.2) is 22.0 Å². The predicted octanol–water partition coefficient (Wildman–Crippen LogP) is 2.49. The number of nitrogens with zero attached hydrogens (tertiary/aromatic N) is 2. The Hall–Kier alpha value is -0.810. The first-order valence-corrected chi connectivity index (χ1v) is 5.33. The molecule has 0 saturated carbocycles. The smallest absolute Gasteiger partial charge is 0.146 e. The fraction of sp³-hybridized carbons (Fsp3) is 0.125. The summed E-state index contributed by atoms with van der Waals surface area (Å²) in [6.07, 6.45) is 0. The van der Waals surface area contributed by atoms with Crippen LogP contribution in [0, 0.1) is 0 Å². The van der Waals surface area contributed by atoms with Crippen molar-refractivity contribution in [1.29, 1.82) is 0 Å². The minimum atomic E-state index is 0.557. The molecular weight excluding hydrogens is 250 g/mol. The molecule has 2 aromatic rings. The van der Waals surface area contributed by atoms with Gasteiger partial charge in [-0.2, -0.15) is 5.10 Å². The average molecular weight is 258 g/mol. The van der Waals surface area contributed by atoms with Crippen molar-refractivity contribution in [2.75, 3.05) is 5.73 Å². The Morgan fingerprint density at radius 3 is 2.77 bits per heavy atom. The summed E-state index contributed by atoms with van der Waals surface area (Å²) in [6.45, 7) is 0. The van der Waals surface area contributed by atoms with Crippen molar-refractivity contribution in [3.63, 3.8) is 0 Å². The summed E-state index contributed by atoms with van der Waals surface area (Å²) in [5.41, 5.74) is 6.63. The van der Waals surface area contributed by atoms with Gasteiger partial charge >= 0.3 is 0 Å². The molecule has 0 unspecified atom stereocenters. The van der Waals surface area contributed by atoms with Crippen molar-refractivity contribution in [3.05, 3.63) is 22.0 Å². The Morgan fingerprint density at radius 1 is 1.54 bits per heavy atom. The lowest BCUT2D eigenvalue weighted by molar-refractivity contribution is 0.782. The molecular formula is C8H8BrN3S. The SMILES string of the molecule is Cn1nc(N)cc1-c1ccc(Br)s1. The van der Waals surface area contributed by atoms with Crippen LogP contribution in [0.5, 0.6) is 0 Å². The molecule has 3 nitrogen and oxygen atoms in total. The van der Waals surface area contributed by atoms with Gasteiger partial charge in [0.05, 0.1) is 14.4 Å². The van der Waals surface area contributed by atoms with Gasteiger partial charge in [-0.15, -0.1) is 11.3 Å². The second kappa shape index (κ2) is 3.16. The maximum Gasteiger partial charge on any atom is 0.146 e. The van der Waals surface area contributed by atoms with Gasteiger partial charge in [0.1, 0.15) is 5.82 Å². The van der Waals surface area contributed by atoms with E-state index in [0.717, 1.165) is 9.48 Å². The van der Waals surface area contributed by atoms with Crippen LogP contribution in [0.1, 0.15) is 0 Å². The molecule has 2 rings (SSSR count). The van der Waals surface area contributed by atoms with Crippen molar-refractivity contribution in [3.8, 4) is 10.6 Å². The fourth-order valence-corrected chi connectivity index (χ4v) is 2.61. The van der Waals surface area contributed by atoms with E-state index in [1.807, 2.05) is 25.2 Å². The molecule has 68 valence electrons. The normalized spacial score (nSPS) is 10.6. The first kappa shape index (κ1) is 8.77. The minimum Gasteiger partial charge on any atom is -0.382 e. The number of nitrogens with two attached hydrogens (primary N) is 1. The number of aryl methyl sites for hydroxylation is 1. The highest BCUT2D eigenvalue weighted by Crippen LogP contribution is 2.31. The first-order valence-electron chi connectivity index (χ1n) is 3.72. The van der Waals surface area contributed by atoms with Gasteiger partial charge in [-0.1, -0.05) is 0 Å². The van der Waals surface area contributed by atoms with E-state index >= 15 is 0 Å². The maximum atomic E-state index is 5.58. The highest BCUT2D eigenvalue weighted by Gasteiger charge is 2.07. The number of halogens is 1. The summed E-state index contributed by atoms with van der Waals surface area (Å²) in [5.74, 6) is 0.557. The van der Waals surface area contributed by atoms with Crippen LogP contribution >= 0.6 is 27.3 Å². The van der Waals surface area contributed by atoms with E-state index in [1.54, 1.807) is 16.0 Å². The number of rotatable bonds is 1. The van der Waals surface area contributed by atoms with Crippen molar-refractivity contribution >= 4 is 33.1 Å². The second-order valence-electron chi connectivity index (χ2n) is 2.68. The number of aromatic nitrogens is 2. The topological polar surface area (TPSA) is 43.8 Å². The summed E-state index contributed by atoms with van der Waals surface area (Å²) >= 11 is 5.09. The molecule has 0 spiro atoms. The minimum absolute atomic E-state index is 0.557. The van der Waals surface area contributed by atoms with Crippen LogP contribution < -0.4 is 5.73 Å². The third-order valence-corrected chi connectivity index (χ3v) is 3.37. The number of hydrogen-bond donors (Lipinski definition) is 1. The predicted molar refractivity (Wildman–Crippen MR) is 58.6 cm³/mol. The Morgan fingerprint density at radius 2 is 2.31 bits per heavy atom. The van der Waals surface area contributed by atoms with E-state index in [2.05, 4.69) is 21.0 Å². The van der Waals surface area contributed by atoms with E-state index in [4.69, 9.17) is 5.73 Å². The molecule has 0 saturated heterocycles. The molecule has 0 atom stereocenters. The Bertz CT molecular complexity index is 432. The third kappa shape index (κ3) is 1.62. The summed E-state index contributed by atoms with van der Waals surface area (Å²) in [6, 6.07) is 5.94. The maximum absolute atomic E-state index is 5.58. The monoisotopic (exact) mass is 257 g/mol. The zero-order valence-electron chi connectivity index (χ0n) is 6.99. The first-order chi connectivity index (χ1) is 6.16. The molecule has 0 radical (unpaired) electrons. The molecule has 0 aromatic carbocycles. The molecule has 5 heteroatoms. The van der Waals surface area contributed by atoms with Crippen LogP contribution in [-0.2, 0) is 7.05 Å². The molecule has 2 heterocycles. The molecule has 2 aromatic heterocycles. The standard InChI is InChI=1S/C8H8BrN3S/c1-12-5(4-8(10)11-12)6-2-3-7(9)13-6/h2-4H,1H3,(H2,10,11). The molecule has 0 bridgehead atoms. The van der Waals surface area contributed by atoms with Gasteiger partial charge in [0.15, 0.2) is 0 Å². The number of nitrogen functional groups attached to an aromatic ring is 1. The van der Waals surface area contributed by atoms with Gasteiger partial charge in [-0.05, 0) is 28.1 Å². The number of thiophene rings is 1. The lowest BCUT2D eigenvalue weighted by Gasteiger charge is -1.95. The molecule has 0 amide bonds. The van der Waals surface area contributed by atoms with Crippen LogP contribution in [0.4, 0.5) is 5.82 Å². The molecule has 0 aliphatic heterocycles. The van der Waals surface area contributed by atoms with E-state index in [-0.39, 0.29) is 0 Å². The van der Waals surface area contributed by atoms with Crippen LogP contribution in [-0.4, -0.2) is 9.78 Å². The summed E-state index contributed by atoms with van der Waals surface area (Å²) < 4.78 is 2.90. The number of anilines is 1. The zero-order chi connectivity index (χ0) is 9.42. The summed E-state index contributed by atoms with van der Waals surface area (Å²) in [7, 11) is 1.89. The lowest BCUT2D eigenvalue weighted by Crippen LogP contribution is -1.93. The van der Waals surface area contributed by atoms with Crippen molar-refractivity contribution < 1.29 is 0 Å². The van der Waals surface area contributed by atoms with Gasteiger partial charge < -0.3 is 5.73 Å². The van der Waals surface area contributed by atoms with Gasteiger partial charge in [0, 0.05) is 13.1 Å². The average Bonchev–Trinajstić information content (AvgIpc) is 2.58. The van der Waals surface area contributed by atoms with E-state index in [9.17, 15) is 0 Å². The molecule has 13 heavy (non-hydrogen) atoms. The third-order valence-electron chi connectivity index (χ3n) is 1.72.